The lowest BCUT2D eigenvalue weighted by Gasteiger charge is -2.14. The Morgan fingerprint density at radius 3 is 2.70 bits per heavy atom. The molecular formula is C24H22F3N5O3S2. The lowest BCUT2D eigenvalue weighted by molar-refractivity contribution is -0.137. The van der Waals surface area contributed by atoms with Gasteiger partial charge in [0, 0.05) is 23.9 Å². The number of benzene rings is 2. The Balaban J connectivity index is 1.47. The number of thioether (sulfide) groups is 1. The fraction of sp³-hybridized carbons (Fsp3) is 0.292. The maximum Gasteiger partial charge on any atom is 0.416 e. The predicted molar refractivity (Wildman–Crippen MR) is 132 cm³/mol. The van der Waals surface area contributed by atoms with E-state index in [2.05, 4.69) is 19.9 Å². The number of fused-ring (bicyclic) bond motifs is 1. The number of sulfonamides is 1. The summed E-state index contributed by atoms with van der Waals surface area (Å²) in [5.41, 5.74) is -0.345. The van der Waals surface area contributed by atoms with Gasteiger partial charge in [-0.3, -0.25) is 9.55 Å². The highest BCUT2D eigenvalue weighted by molar-refractivity contribution is 7.99. The van der Waals surface area contributed by atoms with E-state index in [9.17, 15) is 21.6 Å². The van der Waals surface area contributed by atoms with E-state index < -0.39 is 21.8 Å². The molecule has 2 aromatic carbocycles. The van der Waals surface area contributed by atoms with Crippen LogP contribution in [-0.4, -0.2) is 46.6 Å². The summed E-state index contributed by atoms with van der Waals surface area (Å²) in [4.78, 5) is 4.18. The van der Waals surface area contributed by atoms with Gasteiger partial charge in [0.25, 0.3) is 0 Å². The van der Waals surface area contributed by atoms with Gasteiger partial charge in [-0.15, -0.1) is 10.2 Å². The number of hydrogen-bond acceptors (Lipinski definition) is 7. The van der Waals surface area contributed by atoms with Crippen LogP contribution in [0.15, 0.2) is 70.8 Å². The number of para-hydroxylation sites is 1. The predicted octanol–water partition coefficient (Wildman–Crippen LogP) is 4.58. The van der Waals surface area contributed by atoms with Gasteiger partial charge in [0.1, 0.15) is 4.90 Å². The molecule has 1 saturated heterocycles. The zero-order valence-corrected chi connectivity index (χ0v) is 21.0. The van der Waals surface area contributed by atoms with Crippen molar-refractivity contribution in [1.29, 1.82) is 0 Å². The highest BCUT2D eigenvalue weighted by atomic mass is 32.2. The first-order chi connectivity index (χ1) is 17.7. The van der Waals surface area contributed by atoms with E-state index in [1.807, 2.05) is 0 Å². The van der Waals surface area contributed by atoms with Crippen molar-refractivity contribution in [3.8, 4) is 5.69 Å². The number of alkyl halides is 3. The van der Waals surface area contributed by atoms with Gasteiger partial charge in [0.2, 0.25) is 10.0 Å². The molecule has 1 fully saturated rings. The van der Waals surface area contributed by atoms with Crippen LogP contribution in [0.25, 0.3) is 16.6 Å². The summed E-state index contributed by atoms with van der Waals surface area (Å²) in [7, 11) is -4.03. The molecule has 1 atom stereocenters. The quantitative estimate of drug-likeness (QED) is 0.321. The fourth-order valence-electron chi connectivity index (χ4n) is 4.06. The van der Waals surface area contributed by atoms with E-state index in [-0.39, 0.29) is 29.1 Å². The van der Waals surface area contributed by atoms with Crippen LogP contribution >= 0.6 is 11.8 Å². The molecule has 2 aromatic heterocycles. The maximum absolute atomic E-state index is 13.4. The summed E-state index contributed by atoms with van der Waals surface area (Å²) in [6.07, 6.45) is -1.20. The van der Waals surface area contributed by atoms with Gasteiger partial charge in [0.05, 0.1) is 29.4 Å². The minimum absolute atomic E-state index is 0.0104. The summed E-state index contributed by atoms with van der Waals surface area (Å²) in [6, 6.07) is 13.0. The molecule has 0 amide bonds. The van der Waals surface area contributed by atoms with Crippen LogP contribution < -0.4 is 4.72 Å². The molecule has 4 aromatic rings. The number of halogens is 3. The summed E-state index contributed by atoms with van der Waals surface area (Å²) in [5, 5.41) is 9.28. The Kier molecular flexibility index (Phi) is 7.21. The highest BCUT2D eigenvalue weighted by Gasteiger charge is 2.31. The molecule has 0 spiro atoms. The van der Waals surface area contributed by atoms with Gasteiger partial charge >= 0.3 is 6.18 Å². The molecule has 37 heavy (non-hydrogen) atoms. The molecule has 0 bridgehead atoms. The Bertz CT molecular complexity index is 1510. The number of rotatable bonds is 8. The summed E-state index contributed by atoms with van der Waals surface area (Å²) >= 11 is 1.30. The fourth-order valence-corrected chi connectivity index (χ4v) is 6.26. The van der Waals surface area contributed by atoms with Gasteiger partial charge in [0.15, 0.2) is 11.0 Å². The van der Waals surface area contributed by atoms with Crippen molar-refractivity contribution in [1.82, 2.24) is 24.5 Å². The second kappa shape index (κ2) is 10.4. The van der Waals surface area contributed by atoms with Gasteiger partial charge in [-0.1, -0.05) is 36.0 Å². The molecule has 3 heterocycles. The maximum atomic E-state index is 13.4. The Morgan fingerprint density at radius 1 is 1.11 bits per heavy atom. The summed E-state index contributed by atoms with van der Waals surface area (Å²) < 4.78 is 76.2. The van der Waals surface area contributed by atoms with Crippen molar-refractivity contribution in [2.45, 2.75) is 41.7 Å². The van der Waals surface area contributed by atoms with E-state index in [0.29, 0.717) is 28.4 Å². The molecule has 0 unspecified atom stereocenters. The average molecular weight is 550 g/mol. The van der Waals surface area contributed by atoms with Crippen molar-refractivity contribution in [3.63, 3.8) is 0 Å². The summed E-state index contributed by atoms with van der Waals surface area (Å²) in [5.74, 6) is 0.691. The van der Waals surface area contributed by atoms with Crippen molar-refractivity contribution in [2.75, 3.05) is 12.4 Å². The third-order valence-electron chi connectivity index (χ3n) is 5.86. The third kappa shape index (κ3) is 5.64. The second-order valence-corrected chi connectivity index (χ2v) is 11.1. The van der Waals surface area contributed by atoms with E-state index in [0.717, 1.165) is 25.0 Å². The van der Waals surface area contributed by atoms with Gasteiger partial charge in [-0.2, -0.15) is 13.2 Å². The van der Waals surface area contributed by atoms with Crippen LogP contribution in [0, 0.1) is 0 Å². The number of nitrogens with one attached hydrogen (secondary N) is 1. The molecule has 0 radical (unpaired) electrons. The first-order valence-corrected chi connectivity index (χ1v) is 13.9. The van der Waals surface area contributed by atoms with E-state index in [4.69, 9.17) is 4.74 Å². The molecule has 0 aliphatic carbocycles. The second-order valence-electron chi connectivity index (χ2n) is 8.38. The summed E-state index contributed by atoms with van der Waals surface area (Å²) in [6.45, 7) is 0.372. The Hall–Kier alpha value is -3.00. The van der Waals surface area contributed by atoms with Crippen LogP contribution in [0.5, 0.6) is 0 Å². The zero-order chi connectivity index (χ0) is 26.0. The molecule has 8 nitrogen and oxygen atoms in total. The number of hydrogen-bond donors (Lipinski definition) is 1. The Labute approximate surface area is 215 Å². The van der Waals surface area contributed by atoms with E-state index in [1.54, 1.807) is 24.3 Å². The van der Waals surface area contributed by atoms with Crippen LogP contribution in [0.1, 0.15) is 24.2 Å². The number of nitrogens with zero attached hydrogens (tertiary/aromatic N) is 4. The largest absolute Gasteiger partial charge is 0.416 e. The minimum Gasteiger partial charge on any atom is -0.377 e. The van der Waals surface area contributed by atoms with E-state index in [1.165, 1.54) is 40.7 Å². The molecule has 13 heteroatoms. The van der Waals surface area contributed by atoms with Crippen molar-refractivity contribution >= 4 is 32.7 Å². The monoisotopic (exact) mass is 549 g/mol. The standard InChI is InChI=1S/C24H22F3N5O3S2/c25-24(26,27)17-7-2-8-18(13-17)32-21(30-31-23(32)36-15-19-9-4-12-35-19)14-29-37(33,34)20-10-1-5-16-6-3-11-28-22(16)20/h1-3,5-8,10-11,13,19,29H,4,9,12,14-15H2/t19-/m0/s1. The first kappa shape index (κ1) is 25.6. The molecule has 5 rings (SSSR count). The lowest BCUT2D eigenvalue weighted by atomic mass is 10.2. The van der Waals surface area contributed by atoms with Gasteiger partial charge in [-0.05, 0) is 43.2 Å². The van der Waals surface area contributed by atoms with Crippen LogP contribution in [0.3, 0.4) is 0 Å². The molecule has 194 valence electrons. The first-order valence-electron chi connectivity index (χ1n) is 11.4. The van der Waals surface area contributed by atoms with Crippen LogP contribution in [0.2, 0.25) is 0 Å². The molecule has 1 N–H and O–H groups in total. The van der Waals surface area contributed by atoms with Crippen molar-refractivity contribution < 1.29 is 26.3 Å². The smallest absolute Gasteiger partial charge is 0.377 e. The lowest BCUT2D eigenvalue weighted by Crippen LogP contribution is -2.25. The van der Waals surface area contributed by atoms with Gasteiger partial charge < -0.3 is 4.74 Å². The van der Waals surface area contributed by atoms with Crippen LogP contribution in [-0.2, 0) is 27.5 Å². The van der Waals surface area contributed by atoms with Crippen molar-refractivity contribution in [3.05, 3.63) is 72.2 Å². The third-order valence-corrected chi connectivity index (χ3v) is 8.35. The zero-order valence-electron chi connectivity index (χ0n) is 19.4. The number of ether oxygens (including phenoxy) is 1. The topological polar surface area (TPSA) is 99.0 Å². The molecular weight excluding hydrogens is 527 g/mol. The van der Waals surface area contributed by atoms with Crippen molar-refractivity contribution in [2.24, 2.45) is 0 Å². The molecule has 0 saturated carbocycles. The minimum atomic E-state index is -4.54. The highest BCUT2D eigenvalue weighted by Crippen LogP contribution is 2.32. The Morgan fingerprint density at radius 2 is 1.92 bits per heavy atom. The SMILES string of the molecule is O=S(=O)(NCc1nnc(SC[C@@H]2CCCO2)n1-c1cccc(C(F)(F)F)c1)c1cccc2cccnc12. The van der Waals surface area contributed by atoms with Gasteiger partial charge in [-0.25, -0.2) is 13.1 Å². The van der Waals surface area contributed by atoms with E-state index >= 15 is 0 Å². The van der Waals surface area contributed by atoms with Crippen LogP contribution in [0.4, 0.5) is 13.2 Å². The normalized spacial score (nSPS) is 16.5. The molecule has 1 aliphatic rings. The number of aromatic nitrogens is 4. The average Bonchev–Trinajstić information content (AvgIpc) is 3.55. The molecule has 1 aliphatic heterocycles. The number of pyridine rings is 1.